The minimum absolute atomic E-state index is 0.119. The van der Waals surface area contributed by atoms with Crippen molar-refractivity contribution in [3.05, 3.63) is 71.9 Å². The summed E-state index contributed by atoms with van der Waals surface area (Å²) in [7, 11) is 0. The number of hydrogen-bond acceptors (Lipinski definition) is 1. The number of carbonyl (C=O) groups excluding carboxylic acids is 1. The Labute approximate surface area is 142 Å². The Morgan fingerprint density at radius 3 is 2.62 bits per heavy atom. The molecule has 1 aromatic heterocycles. The van der Waals surface area contributed by atoms with Crippen LogP contribution in [0.25, 0.3) is 10.9 Å². The number of aromatic amines is 1. The number of benzene rings is 2. The molecule has 0 spiro atoms. The molecule has 24 heavy (non-hydrogen) atoms. The molecular weight excluding hydrogens is 296 g/mol. The highest BCUT2D eigenvalue weighted by Gasteiger charge is 2.24. The molecule has 3 aromatic rings. The molecule has 3 heteroatoms. The number of aromatic nitrogens is 1. The van der Waals surface area contributed by atoms with Crippen molar-refractivity contribution in [3.8, 4) is 0 Å². The summed E-state index contributed by atoms with van der Waals surface area (Å²) in [5.41, 5.74) is 3.06. The molecule has 1 unspecified atom stereocenters. The maximum absolute atomic E-state index is 13.0. The van der Waals surface area contributed by atoms with Gasteiger partial charge in [0.05, 0.1) is 0 Å². The fourth-order valence-corrected chi connectivity index (χ4v) is 3.68. The summed E-state index contributed by atoms with van der Waals surface area (Å²) in [5, 5.41) is 1.09. The van der Waals surface area contributed by atoms with Crippen molar-refractivity contribution in [2.75, 3.05) is 13.1 Å². The number of nitrogens with zero attached hydrogens (tertiary/aromatic N) is 1. The molecule has 0 bridgehead atoms. The van der Waals surface area contributed by atoms with E-state index in [1.807, 2.05) is 41.3 Å². The van der Waals surface area contributed by atoms with E-state index in [0.29, 0.717) is 11.6 Å². The molecule has 2 aromatic carbocycles. The van der Waals surface area contributed by atoms with Crippen molar-refractivity contribution >= 4 is 16.8 Å². The molecule has 1 aliphatic rings. The van der Waals surface area contributed by atoms with Crippen LogP contribution >= 0.6 is 0 Å². The van der Waals surface area contributed by atoms with Gasteiger partial charge in [-0.25, -0.2) is 0 Å². The third-order valence-corrected chi connectivity index (χ3v) is 4.99. The van der Waals surface area contributed by atoms with Crippen LogP contribution in [0.15, 0.2) is 60.7 Å². The first-order valence-corrected chi connectivity index (χ1v) is 8.73. The summed E-state index contributed by atoms with van der Waals surface area (Å²) in [4.78, 5) is 18.3. The number of likely N-dealkylation sites (tertiary alicyclic amines) is 1. The van der Waals surface area contributed by atoms with E-state index in [1.54, 1.807) is 0 Å². The van der Waals surface area contributed by atoms with Crippen molar-refractivity contribution in [2.45, 2.75) is 25.2 Å². The Bertz CT molecular complexity index is 804. The molecule has 0 aliphatic carbocycles. The molecule has 122 valence electrons. The third kappa shape index (κ3) is 2.94. The number of fused-ring (bicyclic) bond motifs is 1. The van der Waals surface area contributed by atoms with Crippen LogP contribution in [0.2, 0.25) is 0 Å². The lowest BCUT2D eigenvalue weighted by Crippen LogP contribution is -2.34. The van der Waals surface area contributed by atoms with E-state index < -0.39 is 0 Å². The molecule has 1 N–H and O–H groups in total. The molecule has 4 rings (SSSR count). The SMILES string of the molecule is O=C(c1cc2ccccc2[nH]1)N1CCCCC(c2ccccc2)C1. The lowest BCUT2D eigenvalue weighted by Gasteiger charge is -2.24. The van der Waals surface area contributed by atoms with Crippen LogP contribution in [0.5, 0.6) is 0 Å². The number of H-pyrrole nitrogens is 1. The second kappa shape index (κ2) is 6.52. The molecular formula is C21H22N2O. The highest BCUT2D eigenvalue weighted by atomic mass is 16.2. The summed E-state index contributed by atoms with van der Waals surface area (Å²) in [6, 6.07) is 20.6. The number of carbonyl (C=O) groups is 1. The minimum atomic E-state index is 0.119. The van der Waals surface area contributed by atoms with Gasteiger partial charge in [0.2, 0.25) is 0 Å². The topological polar surface area (TPSA) is 36.1 Å². The van der Waals surface area contributed by atoms with Crippen molar-refractivity contribution in [2.24, 2.45) is 0 Å². The molecule has 1 fully saturated rings. The summed E-state index contributed by atoms with van der Waals surface area (Å²) in [6.07, 6.45) is 3.41. The normalized spacial score (nSPS) is 18.5. The smallest absolute Gasteiger partial charge is 0.270 e. The van der Waals surface area contributed by atoms with E-state index in [9.17, 15) is 4.79 Å². The van der Waals surface area contributed by atoms with E-state index in [-0.39, 0.29) is 5.91 Å². The van der Waals surface area contributed by atoms with Crippen LogP contribution in [0.3, 0.4) is 0 Å². The van der Waals surface area contributed by atoms with Gasteiger partial charge in [-0.2, -0.15) is 0 Å². The molecule has 0 saturated carbocycles. The second-order valence-electron chi connectivity index (χ2n) is 6.62. The predicted octanol–water partition coefficient (Wildman–Crippen LogP) is 4.58. The van der Waals surface area contributed by atoms with Crippen LogP contribution in [0, 0.1) is 0 Å². The van der Waals surface area contributed by atoms with Gasteiger partial charge in [0.15, 0.2) is 0 Å². The quantitative estimate of drug-likeness (QED) is 0.738. The summed E-state index contributed by atoms with van der Waals surface area (Å²) >= 11 is 0. The standard InChI is InChI=1S/C21H22N2O/c24-21(20-14-17-10-4-5-12-19(17)22-20)23-13-7-6-11-18(15-23)16-8-2-1-3-9-16/h1-5,8-10,12,14,18,22H,6-7,11,13,15H2. The summed E-state index contributed by atoms with van der Waals surface area (Å²) in [6.45, 7) is 1.65. The molecule has 1 amide bonds. The Kier molecular flexibility index (Phi) is 4.08. The van der Waals surface area contributed by atoms with Crippen molar-refractivity contribution in [3.63, 3.8) is 0 Å². The predicted molar refractivity (Wildman–Crippen MR) is 97.2 cm³/mol. The van der Waals surface area contributed by atoms with Crippen LogP contribution in [-0.4, -0.2) is 28.9 Å². The van der Waals surface area contributed by atoms with Crippen LogP contribution in [0.4, 0.5) is 0 Å². The number of nitrogens with one attached hydrogen (secondary N) is 1. The van der Waals surface area contributed by atoms with E-state index in [1.165, 1.54) is 12.0 Å². The van der Waals surface area contributed by atoms with Crippen LogP contribution in [-0.2, 0) is 0 Å². The fraction of sp³-hybridized carbons (Fsp3) is 0.286. The zero-order valence-corrected chi connectivity index (χ0v) is 13.7. The molecule has 3 nitrogen and oxygen atoms in total. The van der Waals surface area contributed by atoms with Crippen molar-refractivity contribution in [1.82, 2.24) is 9.88 Å². The van der Waals surface area contributed by atoms with Gasteiger partial charge >= 0.3 is 0 Å². The minimum Gasteiger partial charge on any atom is -0.351 e. The van der Waals surface area contributed by atoms with Gasteiger partial charge in [-0.1, -0.05) is 55.0 Å². The van der Waals surface area contributed by atoms with Gasteiger partial charge in [-0.05, 0) is 30.5 Å². The van der Waals surface area contributed by atoms with Gasteiger partial charge in [-0.3, -0.25) is 4.79 Å². The zero-order valence-electron chi connectivity index (χ0n) is 13.7. The number of hydrogen-bond donors (Lipinski definition) is 1. The molecule has 1 saturated heterocycles. The average molecular weight is 318 g/mol. The zero-order chi connectivity index (χ0) is 16.4. The highest BCUT2D eigenvalue weighted by Crippen LogP contribution is 2.27. The summed E-state index contributed by atoms with van der Waals surface area (Å²) < 4.78 is 0. The average Bonchev–Trinajstić information content (AvgIpc) is 2.91. The van der Waals surface area contributed by atoms with Gasteiger partial charge in [-0.15, -0.1) is 0 Å². The Morgan fingerprint density at radius 1 is 1.00 bits per heavy atom. The van der Waals surface area contributed by atoms with E-state index in [4.69, 9.17) is 0 Å². The Hall–Kier alpha value is -2.55. The van der Waals surface area contributed by atoms with Crippen LogP contribution in [0.1, 0.15) is 41.2 Å². The van der Waals surface area contributed by atoms with Gasteiger partial charge in [0, 0.05) is 29.9 Å². The molecule has 1 aliphatic heterocycles. The second-order valence-corrected chi connectivity index (χ2v) is 6.62. The van der Waals surface area contributed by atoms with E-state index in [0.717, 1.165) is 36.8 Å². The molecule has 1 atom stereocenters. The first-order chi connectivity index (χ1) is 11.8. The Balaban J connectivity index is 1.58. The van der Waals surface area contributed by atoms with Gasteiger partial charge in [0.1, 0.15) is 5.69 Å². The summed E-state index contributed by atoms with van der Waals surface area (Å²) in [5.74, 6) is 0.552. The lowest BCUT2D eigenvalue weighted by molar-refractivity contribution is 0.0749. The van der Waals surface area contributed by atoms with E-state index >= 15 is 0 Å². The fourth-order valence-electron chi connectivity index (χ4n) is 3.68. The van der Waals surface area contributed by atoms with Crippen LogP contribution < -0.4 is 0 Å². The molecule has 2 heterocycles. The van der Waals surface area contributed by atoms with Gasteiger partial charge < -0.3 is 9.88 Å². The Morgan fingerprint density at radius 2 is 1.79 bits per heavy atom. The first kappa shape index (κ1) is 15.0. The van der Waals surface area contributed by atoms with Crippen molar-refractivity contribution in [1.29, 1.82) is 0 Å². The maximum Gasteiger partial charge on any atom is 0.270 e. The van der Waals surface area contributed by atoms with Gasteiger partial charge in [0.25, 0.3) is 5.91 Å². The first-order valence-electron chi connectivity index (χ1n) is 8.73. The monoisotopic (exact) mass is 318 g/mol. The highest BCUT2D eigenvalue weighted by molar-refractivity contribution is 5.98. The molecule has 0 radical (unpaired) electrons. The maximum atomic E-state index is 13.0. The van der Waals surface area contributed by atoms with E-state index in [2.05, 4.69) is 29.2 Å². The number of amides is 1. The number of para-hydroxylation sites is 1. The number of rotatable bonds is 2. The largest absolute Gasteiger partial charge is 0.351 e. The third-order valence-electron chi connectivity index (χ3n) is 4.99. The van der Waals surface area contributed by atoms with Crippen molar-refractivity contribution < 1.29 is 4.79 Å². The lowest BCUT2D eigenvalue weighted by atomic mass is 9.94.